The van der Waals surface area contributed by atoms with Gasteiger partial charge < -0.3 is 36.8 Å². The number of fused-ring (bicyclic) bond motifs is 1. The molecule has 1 aromatic heterocycles. The molecule has 0 fully saturated rings. The molecule has 2 amide bonds. The van der Waals surface area contributed by atoms with Crippen molar-refractivity contribution in [3.05, 3.63) is 40.2 Å². The Hall–Kier alpha value is -4.62. The first-order valence-electron chi connectivity index (χ1n) is 10.7. The largest absolute Gasteiger partial charge is 0.481 e. The number of hydrogen-bond acceptors (Lipinski definition) is 9. The van der Waals surface area contributed by atoms with E-state index < -0.39 is 29.4 Å². The van der Waals surface area contributed by atoms with Crippen molar-refractivity contribution < 1.29 is 29.4 Å². The van der Waals surface area contributed by atoms with Crippen molar-refractivity contribution in [1.29, 1.82) is 0 Å². The van der Waals surface area contributed by atoms with E-state index in [1.54, 1.807) is 12.1 Å². The number of anilines is 4. The van der Waals surface area contributed by atoms with Gasteiger partial charge in [-0.2, -0.15) is 4.98 Å². The first-order valence-corrected chi connectivity index (χ1v) is 10.7. The molecule has 1 aliphatic rings. The lowest BCUT2D eigenvalue weighted by Crippen LogP contribution is -2.47. The molecule has 1 aromatic carbocycles. The first-order chi connectivity index (χ1) is 16.7. The molecule has 1 aliphatic heterocycles. The molecule has 14 heteroatoms. The topological polar surface area (TPSA) is 220 Å². The smallest absolute Gasteiger partial charge is 0.326 e. The number of carboxylic acid groups (broad SMARTS) is 2. The summed E-state index contributed by atoms with van der Waals surface area (Å²) in [5, 5.41) is 26.4. The highest BCUT2D eigenvalue weighted by atomic mass is 16.4. The van der Waals surface area contributed by atoms with Gasteiger partial charge in [0.25, 0.3) is 11.5 Å². The summed E-state index contributed by atoms with van der Waals surface area (Å²) in [5.74, 6) is -2.92. The molecule has 2 unspecified atom stereocenters. The lowest BCUT2D eigenvalue weighted by Gasteiger charge is -2.33. The Morgan fingerprint density at radius 1 is 1.26 bits per heavy atom. The number of carboxylic acids is 2. The van der Waals surface area contributed by atoms with E-state index in [0.29, 0.717) is 31.6 Å². The van der Waals surface area contributed by atoms with Gasteiger partial charge in [-0.1, -0.05) is 0 Å². The number of amides is 2. The van der Waals surface area contributed by atoms with Crippen molar-refractivity contribution in [1.82, 2.24) is 15.3 Å². The van der Waals surface area contributed by atoms with Crippen molar-refractivity contribution in [3.8, 4) is 0 Å². The molecule has 0 bridgehead atoms. The van der Waals surface area contributed by atoms with E-state index in [9.17, 15) is 29.1 Å². The zero-order chi connectivity index (χ0) is 25.5. The third-order valence-electron chi connectivity index (χ3n) is 5.39. The fourth-order valence-electron chi connectivity index (χ4n) is 3.61. The van der Waals surface area contributed by atoms with Crippen LogP contribution in [0.3, 0.4) is 0 Å². The fraction of sp³-hybridized carbons (Fsp3) is 0.333. The molecule has 186 valence electrons. The third kappa shape index (κ3) is 6.25. The second-order valence-corrected chi connectivity index (χ2v) is 7.79. The summed E-state index contributed by atoms with van der Waals surface area (Å²) in [7, 11) is 0. The zero-order valence-corrected chi connectivity index (χ0v) is 18.5. The number of nitrogen functional groups attached to an aromatic ring is 1. The van der Waals surface area contributed by atoms with Crippen LogP contribution in [0.25, 0.3) is 0 Å². The van der Waals surface area contributed by atoms with Crippen LogP contribution in [-0.2, 0) is 14.4 Å². The molecule has 2 atom stereocenters. The van der Waals surface area contributed by atoms with Crippen molar-refractivity contribution in [3.63, 3.8) is 0 Å². The number of rotatable bonds is 11. The summed E-state index contributed by atoms with van der Waals surface area (Å²) in [5.41, 5.74) is 6.01. The summed E-state index contributed by atoms with van der Waals surface area (Å²) in [6.45, 7) is 0.809. The quantitative estimate of drug-likeness (QED) is 0.203. The van der Waals surface area contributed by atoms with E-state index in [0.717, 1.165) is 0 Å². The van der Waals surface area contributed by atoms with Crippen LogP contribution in [0.4, 0.5) is 23.1 Å². The van der Waals surface area contributed by atoms with Crippen molar-refractivity contribution >= 4 is 47.4 Å². The number of H-pyrrole nitrogens is 1. The van der Waals surface area contributed by atoms with E-state index in [4.69, 9.17) is 10.8 Å². The summed E-state index contributed by atoms with van der Waals surface area (Å²) in [6, 6.07) is 4.63. The minimum atomic E-state index is -1.32. The Balaban J connectivity index is 1.55. The predicted molar refractivity (Wildman–Crippen MR) is 125 cm³/mol. The fourth-order valence-corrected chi connectivity index (χ4v) is 3.61. The predicted octanol–water partition coefficient (Wildman–Crippen LogP) is -0.341. The van der Waals surface area contributed by atoms with Crippen molar-refractivity contribution in [2.24, 2.45) is 0 Å². The van der Waals surface area contributed by atoms with Gasteiger partial charge >= 0.3 is 11.9 Å². The van der Waals surface area contributed by atoms with Gasteiger partial charge in [0, 0.05) is 30.8 Å². The maximum atomic E-state index is 12.3. The third-order valence-corrected chi connectivity index (χ3v) is 5.39. The number of nitrogens with one attached hydrogen (secondary N) is 4. The molecule has 3 rings (SSSR count). The highest BCUT2D eigenvalue weighted by Crippen LogP contribution is 2.26. The monoisotopic (exact) mass is 487 g/mol. The highest BCUT2D eigenvalue weighted by Gasteiger charge is 2.29. The van der Waals surface area contributed by atoms with E-state index in [2.05, 4.69) is 25.9 Å². The average Bonchev–Trinajstić information content (AvgIpc) is 2.81. The van der Waals surface area contributed by atoms with Gasteiger partial charge in [0.1, 0.15) is 6.04 Å². The number of carbonyl (C=O) groups excluding carboxylic acids is 2. The van der Waals surface area contributed by atoms with E-state index in [-0.39, 0.29) is 41.9 Å². The molecule has 14 nitrogen and oxygen atoms in total. The molecule has 0 aliphatic carbocycles. The molecule has 0 saturated heterocycles. The van der Waals surface area contributed by atoms with E-state index in [1.165, 1.54) is 17.0 Å². The molecular weight excluding hydrogens is 462 g/mol. The van der Waals surface area contributed by atoms with E-state index >= 15 is 0 Å². The van der Waals surface area contributed by atoms with Crippen LogP contribution in [0.15, 0.2) is 29.1 Å². The first kappa shape index (κ1) is 25.0. The number of aromatic nitrogens is 2. The Kier molecular flexibility index (Phi) is 7.86. The normalized spacial score (nSPS) is 15.3. The van der Waals surface area contributed by atoms with Gasteiger partial charge in [0.2, 0.25) is 12.4 Å². The summed E-state index contributed by atoms with van der Waals surface area (Å²) >= 11 is 0. The van der Waals surface area contributed by atoms with Crippen LogP contribution in [0.5, 0.6) is 0 Å². The number of aliphatic carboxylic acids is 2. The Morgan fingerprint density at radius 2 is 1.97 bits per heavy atom. The molecule has 0 saturated carbocycles. The summed E-state index contributed by atoms with van der Waals surface area (Å²) < 4.78 is 0. The number of aromatic amines is 1. The minimum absolute atomic E-state index is 0.0527. The Bertz CT molecular complexity index is 1170. The van der Waals surface area contributed by atoms with Crippen molar-refractivity contribution in [2.45, 2.75) is 31.3 Å². The van der Waals surface area contributed by atoms with Crippen molar-refractivity contribution in [2.75, 3.05) is 34.4 Å². The second kappa shape index (κ2) is 11.0. The molecule has 8 N–H and O–H groups in total. The molecule has 2 heterocycles. The molecule has 2 aromatic rings. The molecule has 35 heavy (non-hydrogen) atoms. The molecule has 0 radical (unpaired) electrons. The number of nitrogens with two attached hydrogens (primary N) is 1. The molecular formula is C21H25N7O7. The van der Waals surface area contributed by atoms with Gasteiger partial charge in [-0.3, -0.25) is 24.2 Å². The Morgan fingerprint density at radius 3 is 2.60 bits per heavy atom. The van der Waals surface area contributed by atoms with Crippen LogP contribution in [0.2, 0.25) is 0 Å². The van der Waals surface area contributed by atoms with Crippen LogP contribution in [0, 0.1) is 0 Å². The van der Waals surface area contributed by atoms with Gasteiger partial charge in [-0.05, 0) is 37.1 Å². The molecule has 0 spiro atoms. The maximum absolute atomic E-state index is 12.3. The Labute approximate surface area is 198 Å². The average molecular weight is 487 g/mol. The zero-order valence-electron chi connectivity index (χ0n) is 18.5. The van der Waals surface area contributed by atoms with Gasteiger partial charge in [-0.15, -0.1) is 0 Å². The van der Waals surface area contributed by atoms with Crippen LogP contribution in [-0.4, -0.2) is 69.6 Å². The van der Waals surface area contributed by atoms with Crippen LogP contribution in [0.1, 0.15) is 29.6 Å². The van der Waals surface area contributed by atoms with Crippen LogP contribution >= 0.6 is 0 Å². The van der Waals surface area contributed by atoms with Gasteiger partial charge in [-0.25, -0.2) is 4.79 Å². The standard InChI is InChI=1S/C21H25N7O7/c22-21-26-17-16(19(33)27-21)28(10-29)13(9-24-17)7-8-23-12-3-1-11(2-4-12)18(32)25-14(20(34)35)5-6-15(30)31/h1-4,10,13-14,23H,5-9H2,(H,25,32)(H,30,31)(H,34,35)(H4,22,24,26,27,33). The number of hydrogen-bond donors (Lipinski definition) is 7. The van der Waals surface area contributed by atoms with Gasteiger partial charge in [0.05, 0.1) is 6.04 Å². The minimum Gasteiger partial charge on any atom is -0.481 e. The number of nitrogens with zero attached hydrogens (tertiary/aromatic N) is 2. The lowest BCUT2D eigenvalue weighted by atomic mass is 10.1. The van der Waals surface area contributed by atoms with Crippen LogP contribution < -0.4 is 32.1 Å². The highest BCUT2D eigenvalue weighted by molar-refractivity contribution is 5.97. The SMILES string of the molecule is Nc1nc2c(c(=O)[nH]1)N(C=O)C(CCNc1ccc(C(=O)NC(CCC(=O)O)C(=O)O)cc1)CN2. The summed E-state index contributed by atoms with van der Waals surface area (Å²) in [6.07, 6.45) is 0.444. The second-order valence-electron chi connectivity index (χ2n) is 7.79. The van der Waals surface area contributed by atoms with Gasteiger partial charge in [0.15, 0.2) is 11.5 Å². The summed E-state index contributed by atoms with van der Waals surface area (Å²) in [4.78, 5) is 65.8. The van der Waals surface area contributed by atoms with E-state index in [1.807, 2.05) is 0 Å². The number of benzene rings is 1. The lowest BCUT2D eigenvalue weighted by molar-refractivity contribution is -0.140. The maximum Gasteiger partial charge on any atom is 0.326 e. The number of carbonyl (C=O) groups is 4.